The summed E-state index contributed by atoms with van der Waals surface area (Å²) < 4.78 is 16.5. The molecule has 0 unspecified atom stereocenters. The van der Waals surface area contributed by atoms with Crippen LogP contribution in [-0.2, 0) is 4.79 Å². The third kappa shape index (κ3) is 4.88. The van der Waals surface area contributed by atoms with Gasteiger partial charge in [0.1, 0.15) is 5.75 Å². The van der Waals surface area contributed by atoms with Crippen molar-refractivity contribution in [3.05, 3.63) is 52.9 Å². The van der Waals surface area contributed by atoms with Crippen LogP contribution in [0.5, 0.6) is 17.2 Å². The number of nitrogens with zero attached hydrogens (tertiary/aromatic N) is 1. The third-order valence-electron chi connectivity index (χ3n) is 4.27. The number of rotatable bonds is 9. The van der Waals surface area contributed by atoms with Gasteiger partial charge in [0.15, 0.2) is 11.5 Å². The Morgan fingerprint density at radius 2 is 1.73 bits per heavy atom. The Kier molecular flexibility index (Phi) is 7.24. The molecule has 7 nitrogen and oxygen atoms in total. The van der Waals surface area contributed by atoms with Gasteiger partial charge in [-0.2, -0.15) is 0 Å². The fourth-order valence-corrected chi connectivity index (χ4v) is 3.74. The zero-order valence-electron chi connectivity index (χ0n) is 17.1. The number of methoxy groups -OCH3 is 1. The summed E-state index contributed by atoms with van der Waals surface area (Å²) in [6, 6.07) is 12.7. The summed E-state index contributed by atoms with van der Waals surface area (Å²) in [7, 11) is 1.57. The van der Waals surface area contributed by atoms with Gasteiger partial charge in [0.2, 0.25) is 0 Å². The molecule has 1 fully saturated rings. The van der Waals surface area contributed by atoms with Gasteiger partial charge in [-0.3, -0.25) is 14.5 Å². The maximum absolute atomic E-state index is 12.8. The van der Waals surface area contributed by atoms with Crippen LogP contribution in [-0.4, -0.2) is 43.0 Å². The number of imide groups is 1. The largest absolute Gasteiger partial charge is 0.495 e. The van der Waals surface area contributed by atoms with Crippen molar-refractivity contribution in [2.24, 2.45) is 0 Å². The van der Waals surface area contributed by atoms with Crippen molar-refractivity contribution in [1.82, 2.24) is 4.90 Å². The second kappa shape index (κ2) is 10.1. The zero-order valence-corrected chi connectivity index (χ0v) is 18.0. The van der Waals surface area contributed by atoms with E-state index in [0.717, 1.165) is 17.3 Å². The van der Waals surface area contributed by atoms with Crippen LogP contribution in [0.1, 0.15) is 19.4 Å². The van der Waals surface area contributed by atoms with E-state index < -0.39 is 0 Å². The summed E-state index contributed by atoms with van der Waals surface area (Å²) in [5.41, 5.74) is 1.46. The van der Waals surface area contributed by atoms with Crippen molar-refractivity contribution in [3.63, 3.8) is 0 Å². The number of hydrogen-bond donors (Lipinski definition) is 1. The minimum atomic E-state index is -0.348. The summed E-state index contributed by atoms with van der Waals surface area (Å²) in [5, 5.41) is 2.75. The minimum absolute atomic E-state index is 0.0514. The van der Waals surface area contributed by atoms with E-state index in [1.807, 2.05) is 38.1 Å². The molecule has 1 saturated heterocycles. The summed E-state index contributed by atoms with van der Waals surface area (Å²) in [4.78, 5) is 26.7. The number of anilines is 1. The molecule has 0 saturated carbocycles. The van der Waals surface area contributed by atoms with Gasteiger partial charge in [0.05, 0.1) is 37.6 Å². The van der Waals surface area contributed by atoms with Crippen LogP contribution in [0.25, 0.3) is 6.08 Å². The summed E-state index contributed by atoms with van der Waals surface area (Å²) in [6.45, 7) is 4.86. The molecule has 0 radical (unpaired) electrons. The fraction of sp³-hybridized carbons (Fsp3) is 0.273. The number of ether oxygens (including phenoxy) is 3. The Bertz CT molecular complexity index is 960. The van der Waals surface area contributed by atoms with Crippen LogP contribution in [0, 0.1) is 0 Å². The van der Waals surface area contributed by atoms with Crippen molar-refractivity contribution in [2.75, 3.05) is 32.3 Å². The maximum Gasteiger partial charge on any atom is 0.295 e. The molecular formula is C22H24N2O5S. The van der Waals surface area contributed by atoms with Gasteiger partial charge in [0, 0.05) is 0 Å². The lowest BCUT2D eigenvalue weighted by atomic mass is 10.2. The van der Waals surface area contributed by atoms with Gasteiger partial charge in [-0.15, -0.1) is 0 Å². The average Bonchev–Trinajstić information content (AvgIpc) is 3.01. The van der Waals surface area contributed by atoms with Crippen LogP contribution in [0.3, 0.4) is 0 Å². The molecule has 30 heavy (non-hydrogen) atoms. The van der Waals surface area contributed by atoms with Crippen molar-refractivity contribution in [1.29, 1.82) is 0 Å². The Morgan fingerprint density at radius 1 is 1.00 bits per heavy atom. The van der Waals surface area contributed by atoms with E-state index in [1.165, 1.54) is 4.90 Å². The molecule has 8 heteroatoms. The first-order chi connectivity index (χ1) is 14.6. The standard InChI is InChI=1S/C22H24N2O5S/c1-4-28-18-11-10-15(12-19(18)29-5-2)13-20-21(25)24(22(26)30-20)14-23-16-8-6-7-9-17(16)27-3/h6-13,23H,4-5,14H2,1-3H3/b20-13+. The number of nitrogens with one attached hydrogen (secondary N) is 1. The molecule has 1 N–H and O–H groups in total. The Labute approximate surface area is 180 Å². The van der Waals surface area contributed by atoms with Gasteiger partial charge in [-0.05, 0) is 61.5 Å². The molecule has 0 bridgehead atoms. The molecular weight excluding hydrogens is 404 g/mol. The molecule has 1 aliphatic heterocycles. The number of carbonyl (C=O) groups is 2. The smallest absolute Gasteiger partial charge is 0.295 e. The van der Waals surface area contributed by atoms with Crippen LogP contribution in [0.4, 0.5) is 10.5 Å². The first kappa shape index (κ1) is 21.6. The lowest BCUT2D eigenvalue weighted by molar-refractivity contribution is -0.122. The molecule has 1 heterocycles. The lowest BCUT2D eigenvalue weighted by Gasteiger charge is -2.16. The zero-order chi connectivity index (χ0) is 21.5. The monoisotopic (exact) mass is 428 g/mol. The molecule has 0 aromatic heterocycles. The molecule has 3 rings (SSSR count). The van der Waals surface area contributed by atoms with Crippen LogP contribution in [0.2, 0.25) is 0 Å². The van der Waals surface area contributed by atoms with Gasteiger partial charge < -0.3 is 19.5 Å². The SMILES string of the molecule is CCOc1ccc(/C=C2/SC(=O)N(CNc3ccccc3OC)C2=O)cc1OCC. The molecule has 158 valence electrons. The molecule has 0 aliphatic carbocycles. The van der Waals surface area contributed by atoms with E-state index in [9.17, 15) is 9.59 Å². The highest BCUT2D eigenvalue weighted by Crippen LogP contribution is 2.35. The summed E-state index contributed by atoms with van der Waals surface area (Å²) >= 11 is 0.911. The van der Waals surface area contributed by atoms with Gasteiger partial charge in [0.25, 0.3) is 11.1 Å². The van der Waals surface area contributed by atoms with Crippen molar-refractivity contribution in [2.45, 2.75) is 13.8 Å². The maximum atomic E-state index is 12.8. The third-order valence-corrected chi connectivity index (χ3v) is 5.18. The van der Waals surface area contributed by atoms with E-state index in [-0.39, 0.29) is 17.8 Å². The number of carbonyl (C=O) groups excluding carboxylic acids is 2. The number of amides is 2. The Hall–Kier alpha value is -3.13. The topological polar surface area (TPSA) is 77.1 Å². The van der Waals surface area contributed by atoms with Crippen LogP contribution >= 0.6 is 11.8 Å². The van der Waals surface area contributed by atoms with E-state index >= 15 is 0 Å². The van der Waals surface area contributed by atoms with Crippen LogP contribution < -0.4 is 19.5 Å². The van der Waals surface area contributed by atoms with Gasteiger partial charge in [-0.1, -0.05) is 18.2 Å². The Balaban J connectivity index is 1.75. The van der Waals surface area contributed by atoms with Gasteiger partial charge >= 0.3 is 0 Å². The van der Waals surface area contributed by atoms with E-state index in [4.69, 9.17) is 14.2 Å². The first-order valence-corrected chi connectivity index (χ1v) is 10.4. The highest BCUT2D eigenvalue weighted by atomic mass is 32.2. The normalized spacial score (nSPS) is 14.9. The fourth-order valence-electron chi connectivity index (χ4n) is 2.90. The summed E-state index contributed by atoms with van der Waals surface area (Å²) in [5.74, 6) is 1.54. The molecule has 2 aromatic carbocycles. The molecule has 0 atom stereocenters. The van der Waals surface area contributed by atoms with Crippen LogP contribution in [0.15, 0.2) is 47.4 Å². The number of hydrogen-bond acceptors (Lipinski definition) is 7. The van der Waals surface area contributed by atoms with E-state index in [0.29, 0.717) is 41.1 Å². The molecule has 2 amide bonds. The van der Waals surface area contributed by atoms with E-state index in [2.05, 4.69) is 5.32 Å². The summed E-state index contributed by atoms with van der Waals surface area (Å²) in [6.07, 6.45) is 1.69. The Morgan fingerprint density at radius 3 is 2.47 bits per heavy atom. The average molecular weight is 429 g/mol. The predicted molar refractivity (Wildman–Crippen MR) is 118 cm³/mol. The number of thioether (sulfide) groups is 1. The molecule has 2 aromatic rings. The van der Waals surface area contributed by atoms with E-state index in [1.54, 1.807) is 31.4 Å². The predicted octanol–water partition coefficient (Wildman–Crippen LogP) is 4.60. The van der Waals surface area contributed by atoms with Crippen molar-refractivity contribution in [3.8, 4) is 17.2 Å². The second-order valence-corrected chi connectivity index (χ2v) is 7.21. The first-order valence-electron chi connectivity index (χ1n) is 9.59. The second-order valence-electron chi connectivity index (χ2n) is 6.22. The van der Waals surface area contributed by atoms with Crippen molar-refractivity contribution < 1.29 is 23.8 Å². The number of para-hydroxylation sites is 2. The molecule has 1 aliphatic rings. The highest BCUT2D eigenvalue weighted by Gasteiger charge is 2.35. The quantitative estimate of drug-likeness (QED) is 0.585. The number of benzene rings is 2. The minimum Gasteiger partial charge on any atom is -0.495 e. The molecule has 0 spiro atoms. The lowest BCUT2D eigenvalue weighted by Crippen LogP contribution is -2.33. The van der Waals surface area contributed by atoms with Crippen molar-refractivity contribution >= 4 is 34.7 Å². The highest BCUT2D eigenvalue weighted by molar-refractivity contribution is 8.18. The van der Waals surface area contributed by atoms with Gasteiger partial charge in [-0.25, -0.2) is 0 Å².